The number of aliphatic hydroxyl groups is 1. The van der Waals surface area contributed by atoms with Crippen molar-refractivity contribution in [3.8, 4) is 0 Å². The molecule has 0 amide bonds. The van der Waals surface area contributed by atoms with Gasteiger partial charge in [-0.2, -0.15) is 13.2 Å². The van der Waals surface area contributed by atoms with Crippen LogP contribution in [0.25, 0.3) is 0 Å². The number of alkyl halides is 3. The van der Waals surface area contributed by atoms with Crippen LogP contribution < -0.4 is 5.32 Å². The molecule has 2 aromatic rings. The first-order valence-corrected chi connectivity index (χ1v) is 6.89. The standard InChI is InChI=1S/C16H16F3N3O/c1-20-9-13-12(16(17,18)19)7-8-15(22-13)21-10-14(23)11-5-3-2-4-6-11/h2-9,14,23H,10H2,1H3,(H,21,22)/t14-/m1/s1. The maximum atomic E-state index is 12.9. The van der Waals surface area contributed by atoms with Crippen molar-refractivity contribution < 1.29 is 18.3 Å². The number of aliphatic imine (C=N–C) groups is 1. The molecule has 0 aliphatic carbocycles. The Morgan fingerprint density at radius 1 is 1.22 bits per heavy atom. The predicted octanol–water partition coefficient (Wildman–Crippen LogP) is 3.29. The van der Waals surface area contributed by atoms with Crippen LogP contribution in [0.1, 0.15) is 22.9 Å². The second kappa shape index (κ2) is 7.23. The van der Waals surface area contributed by atoms with E-state index in [-0.39, 0.29) is 18.1 Å². The molecule has 0 unspecified atom stereocenters. The van der Waals surface area contributed by atoms with Gasteiger partial charge in [-0.3, -0.25) is 4.99 Å². The Labute approximate surface area is 131 Å². The fourth-order valence-electron chi connectivity index (χ4n) is 2.03. The summed E-state index contributed by atoms with van der Waals surface area (Å²) in [5.74, 6) is 0.239. The first-order chi connectivity index (χ1) is 10.9. The molecule has 23 heavy (non-hydrogen) atoms. The molecule has 1 aromatic heterocycles. The third kappa shape index (κ3) is 4.53. The summed E-state index contributed by atoms with van der Waals surface area (Å²) in [6.45, 7) is 0.130. The second-order valence-electron chi connectivity index (χ2n) is 4.82. The van der Waals surface area contributed by atoms with E-state index in [2.05, 4.69) is 15.3 Å². The molecule has 0 aliphatic rings. The molecule has 122 valence electrons. The van der Waals surface area contributed by atoms with Gasteiger partial charge < -0.3 is 10.4 Å². The fourth-order valence-corrected chi connectivity index (χ4v) is 2.03. The van der Waals surface area contributed by atoms with E-state index >= 15 is 0 Å². The quantitative estimate of drug-likeness (QED) is 0.830. The van der Waals surface area contributed by atoms with Gasteiger partial charge in [0.2, 0.25) is 0 Å². The van der Waals surface area contributed by atoms with E-state index in [1.165, 1.54) is 13.1 Å². The highest BCUT2D eigenvalue weighted by molar-refractivity contribution is 5.80. The number of nitrogens with zero attached hydrogens (tertiary/aromatic N) is 2. The Bertz CT molecular complexity index is 672. The Hall–Kier alpha value is -2.41. The number of halogens is 3. The molecule has 0 saturated carbocycles. The Morgan fingerprint density at radius 3 is 2.52 bits per heavy atom. The minimum Gasteiger partial charge on any atom is -0.387 e. The van der Waals surface area contributed by atoms with Gasteiger partial charge in [0, 0.05) is 19.8 Å². The molecule has 0 spiro atoms. The Morgan fingerprint density at radius 2 is 1.91 bits per heavy atom. The van der Waals surface area contributed by atoms with Gasteiger partial charge in [0.15, 0.2) is 0 Å². The van der Waals surface area contributed by atoms with Crippen LogP contribution in [-0.2, 0) is 6.18 Å². The molecule has 0 bridgehead atoms. The fraction of sp³-hybridized carbons (Fsp3) is 0.250. The average Bonchev–Trinajstić information content (AvgIpc) is 2.53. The van der Waals surface area contributed by atoms with Crippen molar-refractivity contribution in [1.29, 1.82) is 0 Å². The van der Waals surface area contributed by atoms with Crippen LogP contribution in [0.4, 0.5) is 19.0 Å². The summed E-state index contributed by atoms with van der Waals surface area (Å²) in [6, 6.07) is 11.1. The lowest BCUT2D eigenvalue weighted by molar-refractivity contribution is -0.137. The number of hydrogen-bond acceptors (Lipinski definition) is 4. The number of hydrogen-bond donors (Lipinski definition) is 2. The zero-order valence-corrected chi connectivity index (χ0v) is 12.4. The van der Waals surface area contributed by atoms with Crippen molar-refractivity contribution in [2.75, 3.05) is 18.9 Å². The summed E-state index contributed by atoms with van der Waals surface area (Å²) >= 11 is 0. The van der Waals surface area contributed by atoms with E-state index in [1.807, 2.05) is 6.07 Å². The Kier molecular flexibility index (Phi) is 5.33. The number of pyridine rings is 1. The summed E-state index contributed by atoms with van der Waals surface area (Å²) in [6.07, 6.45) is -4.23. The van der Waals surface area contributed by atoms with E-state index in [0.29, 0.717) is 5.56 Å². The topological polar surface area (TPSA) is 57.5 Å². The zero-order chi connectivity index (χ0) is 16.9. The molecule has 0 saturated heterocycles. The molecule has 0 fully saturated rings. The van der Waals surface area contributed by atoms with E-state index < -0.39 is 17.8 Å². The third-order valence-corrected chi connectivity index (χ3v) is 3.14. The third-order valence-electron chi connectivity index (χ3n) is 3.14. The molecule has 1 aromatic carbocycles. The number of nitrogens with one attached hydrogen (secondary N) is 1. The molecule has 0 aliphatic heterocycles. The van der Waals surface area contributed by atoms with Crippen LogP contribution in [0.15, 0.2) is 47.5 Å². The van der Waals surface area contributed by atoms with Gasteiger partial charge in [0.1, 0.15) is 5.82 Å². The number of benzene rings is 1. The minimum atomic E-state index is -4.49. The minimum absolute atomic E-state index is 0.130. The van der Waals surface area contributed by atoms with Gasteiger partial charge in [-0.15, -0.1) is 0 Å². The molecular formula is C16H16F3N3O. The van der Waals surface area contributed by atoms with Crippen LogP contribution in [-0.4, -0.2) is 29.9 Å². The van der Waals surface area contributed by atoms with Gasteiger partial charge in [0.25, 0.3) is 0 Å². The van der Waals surface area contributed by atoms with Crippen LogP contribution in [0.2, 0.25) is 0 Å². The van der Waals surface area contributed by atoms with Gasteiger partial charge >= 0.3 is 6.18 Å². The number of aliphatic hydroxyl groups excluding tert-OH is 1. The molecule has 0 radical (unpaired) electrons. The van der Waals surface area contributed by atoms with Crippen molar-refractivity contribution >= 4 is 12.0 Å². The van der Waals surface area contributed by atoms with E-state index in [4.69, 9.17) is 0 Å². The summed E-state index contributed by atoms with van der Waals surface area (Å²) in [7, 11) is 1.38. The lowest BCUT2D eigenvalue weighted by atomic mass is 10.1. The van der Waals surface area contributed by atoms with Crippen molar-refractivity contribution in [3.63, 3.8) is 0 Å². The van der Waals surface area contributed by atoms with Gasteiger partial charge in [-0.25, -0.2) is 4.98 Å². The summed E-state index contributed by atoms with van der Waals surface area (Å²) < 4.78 is 38.6. The molecule has 2 N–H and O–H groups in total. The van der Waals surface area contributed by atoms with Crippen LogP contribution >= 0.6 is 0 Å². The number of rotatable bonds is 5. The SMILES string of the molecule is CN=Cc1nc(NC[C@@H](O)c2ccccc2)ccc1C(F)(F)F. The highest BCUT2D eigenvalue weighted by Gasteiger charge is 2.33. The summed E-state index contributed by atoms with van der Waals surface area (Å²) in [5, 5.41) is 12.9. The molecular weight excluding hydrogens is 307 g/mol. The van der Waals surface area contributed by atoms with Gasteiger partial charge in [-0.1, -0.05) is 30.3 Å². The molecule has 2 rings (SSSR count). The summed E-state index contributed by atoms with van der Waals surface area (Å²) in [5.41, 5.74) is -0.404. The molecule has 4 nitrogen and oxygen atoms in total. The highest BCUT2D eigenvalue weighted by Crippen LogP contribution is 2.31. The van der Waals surface area contributed by atoms with Crippen LogP contribution in [0.3, 0.4) is 0 Å². The first-order valence-electron chi connectivity index (χ1n) is 6.89. The normalized spacial score (nSPS) is 13.3. The maximum Gasteiger partial charge on any atom is 0.418 e. The first kappa shape index (κ1) is 17.0. The van der Waals surface area contributed by atoms with Crippen molar-refractivity contribution in [1.82, 2.24) is 4.98 Å². The van der Waals surface area contributed by atoms with Crippen molar-refractivity contribution in [3.05, 3.63) is 59.3 Å². The zero-order valence-electron chi connectivity index (χ0n) is 12.4. The average molecular weight is 323 g/mol. The lowest BCUT2D eigenvalue weighted by Gasteiger charge is -2.14. The Balaban J connectivity index is 2.13. The smallest absolute Gasteiger partial charge is 0.387 e. The predicted molar refractivity (Wildman–Crippen MR) is 82.6 cm³/mol. The van der Waals surface area contributed by atoms with Crippen molar-refractivity contribution in [2.45, 2.75) is 12.3 Å². The maximum absolute atomic E-state index is 12.9. The number of anilines is 1. The molecule has 1 heterocycles. The largest absolute Gasteiger partial charge is 0.418 e. The van der Waals surface area contributed by atoms with Crippen LogP contribution in [0.5, 0.6) is 0 Å². The van der Waals surface area contributed by atoms with Gasteiger partial charge in [-0.05, 0) is 17.7 Å². The lowest BCUT2D eigenvalue weighted by Crippen LogP contribution is -2.15. The molecule has 1 atom stereocenters. The molecule has 7 heteroatoms. The monoisotopic (exact) mass is 323 g/mol. The van der Waals surface area contributed by atoms with E-state index in [9.17, 15) is 18.3 Å². The van der Waals surface area contributed by atoms with Gasteiger partial charge in [0.05, 0.1) is 17.4 Å². The summed E-state index contributed by atoms with van der Waals surface area (Å²) in [4.78, 5) is 7.50. The van der Waals surface area contributed by atoms with Crippen LogP contribution in [0, 0.1) is 0 Å². The van der Waals surface area contributed by atoms with E-state index in [0.717, 1.165) is 12.3 Å². The highest BCUT2D eigenvalue weighted by atomic mass is 19.4. The number of aromatic nitrogens is 1. The van der Waals surface area contributed by atoms with Crippen molar-refractivity contribution in [2.24, 2.45) is 4.99 Å². The van der Waals surface area contributed by atoms with E-state index in [1.54, 1.807) is 24.3 Å². The second-order valence-corrected chi connectivity index (χ2v) is 4.82.